The second kappa shape index (κ2) is 7.74. The highest BCUT2D eigenvalue weighted by molar-refractivity contribution is 5.76. The zero-order chi connectivity index (χ0) is 16.1. The minimum atomic E-state index is 0.216. The van der Waals surface area contributed by atoms with E-state index in [1.54, 1.807) is 7.11 Å². The Morgan fingerprint density at radius 3 is 2.82 bits per heavy atom. The Morgan fingerprint density at radius 2 is 2.27 bits per heavy atom. The first kappa shape index (κ1) is 17.0. The summed E-state index contributed by atoms with van der Waals surface area (Å²) in [5.74, 6) is 0.682. The van der Waals surface area contributed by atoms with Crippen LogP contribution in [0.3, 0.4) is 0 Å². The van der Waals surface area contributed by atoms with E-state index in [2.05, 4.69) is 17.3 Å². The molecule has 0 aromatic carbocycles. The molecule has 2 rings (SSSR count). The maximum atomic E-state index is 12.7. The van der Waals surface area contributed by atoms with Crippen molar-refractivity contribution < 1.29 is 9.53 Å². The standard InChI is InChI=1S/C16H28N4O2/c1-12-15(13(2)19(3)18-12)11-20(7-8-22-4)16(21)9-14-5-6-17-10-14/h14,17H,5-11H2,1-4H3/t14-/m1/s1. The van der Waals surface area contributed by atoms with Gasteiger partial charge in [0.05, 0.1) is 12.3 Å². The molecule has 1 fully saturated rings. The third-order valence-corrected chi connectivity index (χ3v) is 4.55. The predicted molar refractivity (Wildman–Crippen MR) is 85.6 cm³/mol. The van der Waals surface area contributed by atoms with Crippen LogP contribution in [-0.4, -0.2) is 53.9 Å². The van der Waals surface area contributed by atoms with E-state index < -0.39 is 0 Å². The summed E-state index contributed by atoms with van der Waals surface area (Å²) in [6, 6.07) is 0. The monoisotopic (exact) mass is 308 g/mol. The van der Waals surface area contributed by atoms with Crippen LogP contribution in [0, 0.1) is 19.8 Å². The molecule has 1 atom stereocenters. The molecule has 1 amide bonds. The lowest BCUT2D eigenvalue weighted by atomic mass is 10.0. The first-order valence-corrected chi connectivity index (χ1v) is 7.99. The van der Waals surface area contributed by atoms with Gasteiger partial charge >= 0.3 is 0 Å². The molecule has 1 N–H and O–H groups in total. The van der Waals surface area contributed by atoms with Crippen LogP contribution in [0.4, 0.5) is 0 Å². The normalized spacial score (nSPS) is 17.9. The second-order valence-corrected chi connectivity index (χ2v) is 6.14. The maximum Gasteiger partial charge on any atom is 0.223 e. The van der Waals surface area contributed by atoms with E-state index in [0.717, 1.165) is 36.5 Å². The van der Waals surface area contributed by atoms with Gasteiger partial charge in [0.25, 0.3) is 0 Å². The third kappa shape index (κ3) is 4.08. The molecule has 2 heterocycles. The Kier molecular flexibility index (Phi) is 5.97. The van der Waals surface area contributed by atoms with E-state index in [-0.39, 0.29) is 5.91 Å². The SMILES string of the molecule is COCCN(Cc1c(C)nn(C)c1C)C(=O)C[C@H]1CCNC1. The van der Waals surface area contributed by atoms with Crippen molar-refractivity contribution in [3.8, 4) is 0 Å². The second-order valence-electron chi connectivity index (χ2n) is 6.14. The van der Waals surface area contributed by atoms with Crippen LogP contribution >= 0.6 is 0 Å². The van der Waals surface area contributed by atoms with E-state index in [4.69, 9.17) is 4.74 Å². The van der Waals surface area contributed by atoms with Gasteiger partial charge in [-0.1, -0.05) is 0 Å². The van der Waals surface area contributed by atoms with Crippen molar-refractivity contribution in [2.45, 2.75) is 33.2 Å². The predicted octanol–water partition coefficient (Wildman–Crippen LogP) is 1.01. The Morgan fingerprint density at radius 1 is 1.50 bits per heavy atom. The van der Waals surface area contributed by atoms with Gasteiger partial charge in [0.15, 0.2) is 0 Å². The van der Waals surface area contributed by atoms with Crippen molar-refractivity contribution in [2.24, 2.45) is 13.0 Å². The fourth-order valence-electron chi connectivity index (χ4n) is 3.00. The molecule has 0 unspecified atom stereocenters. The molecule has 1 aliphatic rings. The molecule has 0 bridgehead atoms. The van der Waals surface area contributed by atoms with E-state index in [1.165, 1.54) is 0 Å². The summed E-state index contributed by atoms with van der Waals surface area (Å²) in [7, 11) is 3.61. The van der Waals surface area contributed by atoms with Gasteiger partial charge in [0.1, 0.15) is 0 Å². The number of nitrogens with one attached hydrogen (secondary N) is 1. The quantitative estimate of drug-likeness (QED) is 0.817. The summed E-state index contributed by atoms with van der Waals surface area (Å²) >= 11 is 0. The molecular weight excluding hydrogens is 280 g/mol. The van der Waals surface area contributed by atoms with E-state index in [9.17, 15) is 4.79 Å². The van der Waals surface area contributed by atoms with Crippen LogP contribution < -0.4 is 5.32 Å². The number of carbonyl (C=O) groups excluding carboxylic acids is 1. The number of ether oxygens (including phenoxy) is 1. The number of hydrogen-bond donors (Lipinski definition) is 1. The summed E-state index contributed by atoms with van der Waals surface area (Å²) in [5, 5.41) is 7.77. The van der Waals surface area contributed by atoms with Crippen LogP contribution in [-0.2, 0) is 23.1 Å². The minimum absolute atomic E-state index is 0.216. The largest absolute Gasteiger partial charge is 0.383 e. The summed E-state index contributed by atoms with van der Waals surface area (Å²) in [6.45, 7) is 7.84. The van der Waals surface area contributed by atoms with Gasteiger partial charge in [-0.3, -0.25) is 9.48 Å². The number of hydrogen-bond acceptors (Lipinski definition) is 4. The van der Waals surface area contributed by atoms with Gasteiger partial charge in [0.2, 0.25) is 5.91 Å². The average Bonchev–Trinajstić information content (AvgIpc) is 3.06. The Labute approximate surface area is 132 Å². The zero-order valence-corrected chi connectivity index (χ0v) is 14.2. The van der Waals surface area contributed by atoms with Crippen LogP contribution in [0.2, 0.25) is 0 Å². The fraction of sp³-hybridized carbons (Fsp3) is 0.750. The molecule has 124 valence electrons. The van der Waals surface area contributed by atoms with Crippen LogP contribution in [0.25, 0.3) is 0 Å². The fourth-order valence-corrected chi connectivity index (χ4v) is 3.00. The molecule has 22 heavy (non-hydrogen) atoms. The molecule has 0 radical (unpaired) electrons. The van der Waals surface area contributed by atoms with E-state index in [0.29, 0.717) is 32.0 Å². The first-order chi connectivity index (χ1) is 10.5. The van der Waals surface area contributed by atoms with Crippen molar-refractivity contribution in [2.75, 3.05) is 33.4 Å². The van der Waals surface area contributed by atoms with Crippen molar-refractivity contribution in [3.05, 3.63) is 17.0 Å². The van der Waals surface area contributed by atoms with Crippen molar-refractivity contribution in [3.63, 3.8) is 0 Å². The molecule has 6 heteroatoms. The number of methoxy groups -OCH3 is 1. The van der Waals surface area contributed by atoms with Gasteiger partial charge < -0.3 is 15.0 Å². The molecular formula is C16H28N4O2. The highest BCUT2D eigenvalue weighted by Crippen LogP contribution is 2.18. The molecule has 1 aromatic heterocycles. The smallest absolute Gasteiger partial charge is 0.223 e. The summed E-state index contributed by atoms with van der Waals surface area (Å²) in [5.41, 5.74) is 3.27. The first-order valence-electron chi connectivity index (χ1n) is 7.99. The molecule has 1 aromatic rings. The molecule has 0 spiro atoms. The van der Waals surface area contributed by atoms with Crippen LogP contribution in [0.5, 0.6) is 0 Å². The third-order valence-electron chi connectivity index (χ3n) is 4.55. The van der Waals surface area contributed by atoms with Gasteiger partial charge in [-0.25, -0.2) is 0 Å². The van der Waals surface area contributed by atoms with E-state index >= 15 is 0 Å². The summed E-state index contributed by atoms with van der Waals surface area (Å²) in [6.07, 6.45) is 1.71. The highest BCUT2D eigenvalue weighted by Gasteiger charge is 2.23. The van der Waals surface area contributed by atoms with Crippen LogP contribution in [0.15, 0.2) is 0 Å². The lowest BCUT2D eigenvalue weighted by molar-refractivity contribution is -0.133. The molecule has 1 aliphatic heterocycles. The topological polar surface area (TPSA) is 59.4 Å². The number of nitrogens with zero attached hydrogens (tertiary/aromatic N) is 3. The molecule has 0 saturated carbocycles. The van der Waals surface area contributed by atoms with Gasteiger partial charge in [-0.15, -0.1) is 0 Å². The number of rotatable bonds is 7. The lowest BCUT2D eigenvalue weighted by Gasteiger charge is -2.24. The molecule has 1 saturated heterocycles. The van der Waals surface area contributed by atoms with Gasteiger partial charge in [0, 0.05) is 44.9 Å². The lowest BCUT2D eigenvalue weighted by Crippen LogP contribution is -2.35. The number of carbonyl (C=O) groups is 1. The summed E-state index contributed by atoms with van der Waals surface area (Å²) in [4.78, 5) is 14.6. The summed E-state index contributed by atoms with van der Waals surface area (Å²) < 4.78 is 7.05. The average molecular weight is 308 g/mol. The Bertz CT molecular complexity index is 506. The maximum absolute atomic E-state index is 12.7. The van der Waals surface area contributed by atoms with Crippen molar-refractivity contribution in [1.82, 2.24) is 20.0 Å². The Balaban J connectivity index is 2.05. The highest BCUT2D eigenvalue weighted by atomic mass is 16.5. The number of amides is 1. The molecule has 6 nitrogen and oxygen atoms in total. The number of aromatic nitrogens is 2. The minimum Gasteiger partial charge on any atom is -0.383 e. The van der Waals surface area contributed by atoms with Gasteiger partial charge in [-0.2, -0.15) is 5.10 Å². The van der Waals surface area contributed by atoms with Crippen molar-refractivity contribution >= 4 is 5.91 Å². The molecule has 0 aliphatic carbocycles. The van der Waals surface area contributed by atoms with Crippen LogP contribution in [0.1, 0.15) is 29.8 Å². The zero-order valence-electron chi connectivity index (χ0n) is 14.2. The number of aryl methyl sites for hydroxylation is 2. The van der Waals surface area contributed by atoms with Gasteiger partial charge in [-0.05, 0) is 39.3 Å². The Hall–Kier alpha value is -1.40. The van der Waals surface area contributed by atoms with Crippen molar-refractivity contribution in [1.29, 1.82) is 0 Å². The van der Waals surface area contributed by atoms with E-state index in [1.807, 2.05) is 23.6 Å².